The summed E-state index contributed by atoms with van der Waals surface area (Å²) in [5, 5.41) is 7.23. The van der Waals surface area contributed by atoms with E-state index in [0.29, 0.717) is 0 Å². The zero-order valence-electron chi connectivity index (χ0n) is 27.6. The molecule has 238 valence electrons. The van der Waals surface area contributed by atoms with Gasteiger partial charge in [-0.15, -0.1) is 0 Å². The molecule has 0 saturated carbocycles. The van der Waals surface area contributed by atoms with Crippen molar-refractivity contribution in [2.24, 2.45) is 0 Å². The Balaban J connectivity index is 1.14. The molecule has 11 aromatic rings. The lowest BCUT2D eigenvalue weighted by atomic mass is 9.94. The molecular formula is C48H30N2O. The summed E-state index contributed by atoms with van der Waals surface area (Å²) in [5.74, 6) is 0. The van der Waals surface area contributed by atoms with Crippen LogP contribution in [0.5, 0.6) is 0 Å². The van der Waals surface area contributed by atoms with Crippen LogP contribution in [0.15, 0.2) is 186 Å². The van der Waals surface area contributed by atoms with Crippen molar-refractivity contribution < 1.29 is 4.42 Å². The van der Waals surface area contributed by atoms with Gasteiger partial charge >= 0.3 is 0 Å². The smallest absolute Gasteiger partial charge is 0.136 e. The first-order chi connectivity index (χ1) is 25.3. The topological polar surface area (TPSA) is 23.0 Å². The highest BCUT2D eigenvalue weighted by molar-refractivity contribution is 6.21. The Labute approximate surface area is 293 Å². The predicted molar refractivity (Wildman–Crippen MR) is 213 cm³/mol. The van der Waals surface area contributed by atoms with Gasteiger partial charge in [0.15, 0.2) is 0 Å². The highest BCUT2D eigenvalue weighted by atomic mass is 16.3. The first-order valence-corrected chi connectivity index (χ1v) is 17.4. The van der Waals surface area contributed by atoms with Gasteiger partial charge in [0, 0.05) is 43.7 Å². The van der Waals surface area contributed by atoms with Crippen molar-refractivity contribution in [2.45, 2.75) is 0 Å². The van der Waals surface area contributed by atoms with E-state index in [1.54, 1.807) is 0 Å². The molecule has 0 fully saturated rings. The van der Waals surface area contributed by atoms with Crippen LogP contribution in [0.4, 0.5) is 0 Å². The third-order valence-corrected chi connectivity index (χ3v) is 10.5. The summed E-state index contributed by atoms with van der Waals surface area (Å²) in [6.07, 6.45) is 0. The van der Waals surface area contributed by atoms with E-state index in [9.17, 15) is 0 Å². The van der Waals surface area contributed by atoms with Crippen LogP contribution in [0, 0.1) is 0 Å². The summed E-state index contributed by atoms with van der Waals surface area (Å²) in [6.45, 7) is 0. The van der Waals surface area contributed by atoms with Gasteiger partial charge in [-0.2, -0.15) is 0 Å². The summed E-state index contributed by atoms with van der Waals surface area (Å²) in [6, 6.07) is 65.4. The number of hydrogen-bond acceptors (Lipinski definition) is 1. The molecule has 3 nitrogen and oxygen atoms in total. The highest BCUT2D eigenvalue weighted by Gasteiger charge is 2.20. The second-order valence-electron chi connectivity index (χ2n) is 13.3. The zero-order chi connectivity index (χ0) is 33.5. The Kier molecular flexibility index (Phi) is 5.96. The number of para-hydroxylation sites is 4. The second-order valence-corrected chi connectivity index (χ2v) is 13.3. The van der Waals surface area contributed by atoms with Gasteiger partial charge in [-0.1, -0.05) is 109 Å². The maximum atomic E-state index is 6.55. The lowest BCUT2D eigenvalue weighted by Crippen LogP contribution is -1.93. The van der Waals surface area contributed by atoms with Gasteiger partial charge in [-0.3, -0.25) is 0 Å². The van der Waals surface area contributed by atoms with E-state index in [1.165, 1.54) is 60.3 Å². The fourth-order valence-electron chi connectivity index (χ4n) is 8.34. The lowest BCUT2D eigenvalue weighted by molar-refractivity contribution is 0.669. The summed E-state index contributed by atoms with van der Waals surface area (Å²) >= 11 is 0. The molecular weight excluding hydrogens is 621 g/mol. The number of fused-ring (bicyclic) bond motifs is 9. The standard InChI is InChI=1S/C48H30N2O/c1-3-13-33(14-4-1)49-41-21-9-7-17-35(41)39-29-31(25-27-43(39)49)32-26-28-45-40(30-32)48-37(20-12-24-46(48)51-45)36-19-11-23-44-47(36)38-18-8-10-22-42(38)50(44)34-15-5-2-6-16-34/h1-30H. The molecule has 3 aromatic heterocycles. The maximum absolute atomic E-state index is 6.55. The number of furan rings is 1. The van der Waals surface area contributed by atoms with Crippen molar-refractivity contribution in [3.8, 4) is 33.6 Å². The van der Waals surface area contributed by atoms with Crippen LogP contribution < -0.4 is 0 Å². The molecule has 0 aliphatic heterocycles. The molecule has 0 N–H and O–H groups in total. The Bertz CT molecular complexity index is 3130. The maximum Gasteiger partial charge on any atom is 0.136 e. The number of hydrogen-bond donors (Lipinski definition) is 0. The van der Waals surface area contributed by atoms with Crippen LogP contribution in [0.25, 0.3) is 99.2 Å². The fraction of sp³-hybridized carbons (Fsp3) is 0. The summed E-state index contributed by atoms with van der Waals surface area (Å²) < 4.78 is 11.3. The first kappa shape index (κ1) is 28.0. The van der Waals surface area contributed by atoms with Gasteiger partial charge in [-0.25, -0.2) is 0 Å². The average molecular weight is 651 g/mol. The minimum Gasteiger partial charge on any atom is -0.456 e. The highest BCUT2D eigenvalue weighted by Crippen LogP contribution is 2.44. The lowest BCUT2D eigenvalue weighted by Gasteiger charge is -2.10. The van der Waals surface area contributed by atoms with Gasteiger partial charge in [0.25, 0.3) is 0 Å². The number of benzene rings is 8. The molecule has 3 heteroatoms. The second kappa shape index (κ2) is 10.8. The molecule has 0 radical (unpaired) electrons. The molecule has 0 bridgehead atoms. The van der Waals surface area contributed by atoms with Crippen LogP contribution >= 0.6 is 0 Å². The summed E-state index contributed by atoms with van der Waals surface area (Å²) in [7, 11) is 0. The van der Waals surface area contributed by atoms with Crippen molar-refractivity contribution in [1.29, 1.82) is 0 Å². The largest absolute Gasteiger partial charge is 0.456 e. The van der Waals surface area contributed by atoms with Gasteiger partial charge in [-0.05, 0) is 95.1 Å². The van der Waals surface area contributed by atoms with Gasteiger partial charge < -0.3 is 13.6 Å². The molecule has 0 amide bonds. The monoisotopic (exact) mass is 650 g/mol. The van der Waals surface area contributed by atoms with Gasteiger partial charge in [0.05, 0.1) is 22.1 Å². The molecule has 11 rings (SSSR count). The molecule has 0 aliphatic carbocycles. The van der Waals surface area contributed by atoms with Crippen molar-refractivity contribution >= 4 is 65.6 Å². The summed E-state index contributed by atoms with van der Waals surface area (Å²) in [5.41, 5.74) is 13.6. The Morgan fingerprint density at radius 1 is 0.314 bits per heavy atom. The van der Waals surface area contributed by atoms with Crippen molar-refractivity contribution in [3.05, 3.63) is 182 Å². The third-order valence-electron chi connectivity index (χ3n) is 10.5. The number of nitrogens with zero attached hydrogens (tertiary/aromatic N) is 2. The molecule has 8 aromatic carbocycles. The fourth-order valence-corrected chi connectivity index (χ4v) is 8.34. The minimum atomic E-state index is 0.891. The van der Waals surface area contributed by atoms with E-state index in [4.69, 9.17) is 4.42 Å². The first-order valence-electron chi connectivity index (χ1n) is 17.4. The molecule has 0 unspecified atom stereocenters. The van der Waals surface area contributed by atoms with E-state index in [-0.39, 0.29) is 0 Å². The van der Waals surface area contributed by atoms with E-state index >= 15 is 0 Å². The van der Waals surface area contributed by atoms with Crippen LogP contribution in [0.2, 0.25) is 0 Å². The van der Waals surface area contributed by atoms with E-state index < -0.39 is 0 Å². The SMILES string of the molecule is c1ccc(-n2c3ccccc3c3cc(-c4ccc5oc6cccc(-c7cccc8c7c7ccccc7n8-c7ccccc7)c6c5c4)ccc32)cc1. The minimum absolute atomic E-state index is 0.891. The zero-order valence-corrected chi connectivity index (χ0v) is 27.6. The average Bonchev–Trinajstić information content (AvgIpc) is 3.86. The number of rotatable bonds is 4. The third kappa shape index (κ3) is 4.12. The molecule has 0 spiro atoms. The van der Waals surface area contributed by atoms with E-state index in [1.807, 2.05) is 0 Å². The molecule has 3 heterocycles. The van der Waals surface area contributed by atoms with Crippen molar-refractivity contribution in [2.75, 3.05) is 0 Å². The Hall–Kier alpha value is -6.84. The quantitative estimate of drug-likeness (QED) is 0.186. The van der Waals surface area contributed by atoms with Crippen molar-refractivity contribution in [1.82, 2.24) is 9.13 Å². The Morgan fingerprint density at radius 3 is 1.59 bits per heavy atom. The van der Waals surface area contributed by atoms with Gasteiger partial charge in [0.1, 0.15) is 11.2 Å². The van der Waals surface area contributed by atoms with Crippen LogP contribution in [-0.2, 0) is 0 Å². The van der Waals surface area contributed by atoms with Crippen LogP contribution in [0.1, 0.15) is 0 Å². The molecule has 0 aliphatic rings. The summed E-state index contributed by atoms with van der Waals surface area (Å²) in [4.78, 5) is 0. The van der Waals surface area contributed by atoms with E-state index in [2.05, 4.69) is 191 Å². The molecule has 51 heavy (non-hydrogen) atoms. The van der Waals surface area contributed by atoms with E-state index in [0.717, 1.165) is 38.9 Å². The van der Waals surface area contributed by atoms with Crippen molar-refractivity contribution in [3.63, 3.8) is 0 Å². The number of aromatic nitrogens is 2. The van der Waals surface area contributed by atoms with Crippen LogP contribution in [0.3, 0.4) is 0 Å². The molecule has 0 saturated heterocycles. The molecule has 0 atom stereocenters. The normalized spacial score (nSPS) is 11.9. The predicted octanol–water partition coefficient (Wildman–Crippen LogP) is 13.1. The Morgan fingerprint density at radius 2 is 0.843 bits per heavy atom. The van der Waals surface area contributed by atoms with Crippen LogP contribution in [-0.4, -0.2) is 9.13 Å². The van der Waals surface area contributed by atoms with Gasteiger partial charge in [0.2, 0.25) is 0 Å².